The molecule has 0 spiro atoms. The lowest BCUT2D eigenvalue weighted by Crippen LogP contribution is -2.36. The molecule has 3 aromatic carbocycles. The third-order valence-electron chi connectivity index (χ3n) is 7.28. The number of alkyl carbamates (subject to hydrolysis) is 1. The van der Waals surface area contributed by atoms with Crippen LogP contribution in [-0.4, -0.2) is 36.3 Å². The number of ether oxygens (including phenoxy) is 2. The largest absolute Gasteiger partial charge is 0.448 e. The van der Waals surface area contributed by atoms with Crippen LogP contribution in [0.1, 0.15) is 73.4 Å². The Kier molecular flexibility index (Phi) is 7.15. The van der Waals surface area contributed by atoms with Crippen LogP contribution in [0.2, 0.25) is 0 Å². The first kappa shape index (κ1) is 25.8. The van der Waals surface area contributed by atoms with E-state index in [1.54, 1.807) is 11.9 Å². The van der Waals surface area contributed by atoms with E-state index in [1.807, 2.05) is 51.1 Å². The van der Waals surface area contributed by atoms with Crippen molar-refractivity contribution in [2.75, 3.05) is 13.7 Å². The summed E-state index contributed by atoms with van der Waals surface area (Å²) in [4.78, 5) is 26.9. The fourth-order valence-corrected chi connectivity index (χ4v) is 5.61. The lowest BCUT2D eigenvalue weighted by molar-refractivity contribution is 0.0498. The SMILES string of the molecule is CN(Cc1ccc2c(c1)CCCC2NC(=O)OC(C)(C)C)C(=O)OCC1c2ccccc2-c2ccccc21. The van der Waals surface area contributed by atoms with E-state index in [-0.39, 0.29) is 18.1 Å². The predicted octanol–water partition coefficient (Wildman–Crippen LogP) is 6.97. The van der Waals surface area contributed by atoms with Gasteiger partial charge < -0.3 is 19.7 Å². The summed E-state index contributed by atoms with van der Waals surface area (Å²) >= 11 is 0. The smallest absolute Gasteiger partial charge is 0.409 e. The van der Waals surface area contributed by atoms with Gasteiger partial charge in [-0.2, -0.15) is 0 Å². The number of rotatable bonds is 5. The highest BCUT2D eigenvalue weighted by Crippen LogP contribution is 2.44. The van der Waals surface area contributed by atoms with Crippen molar-refractivity contribution in [1.82, 2.24) is 10.2 Å². The third-order valence-corrected chi connectivity index (χ3v) is 7.28. The number of carbonyl (C=O) groups is 2. The fourth-order valence-electron chi connectivity index (χ4n) is 5.61. The molecular formula is C32H36N2O4. The van der Waals surface area contributed by atoms with Crippen molar-refractivity contribution in [3.63, 3.8) is 0 Å². The minimum absolute atomic E-state index is 0.0397. The molecular weight excluding hydrogens is 476 g/mol. The quantitative estimate of drug-likeness (QED) is 0.401. The first-order valence-corrected chi connectivity index (χ1v) is 13.4. The van der Waals surface area contributed by atoms with Crippen molar-refractivity contribution < 1.29 is 19.1 Å². The Bertz CT molecular complexity index is 1300. The number of carbonyl (C=O) groups excluding carboxylic acids is 2. The fraction of sp³-hybridized carbons (Fsp3) is 0.375. The molecule has 38 heavy (non-hydrogen) atoms. The summed E-state index contributed by atoms with van der Waals surface area (Å²) in [5, 5.41) is 3.02. The highest BCUT2D eigenvalue weighted by Gasteiger charge is 2.30. The van der Waals surface area contributed by atoms with Crippen LogP contribution in [-0.2, 0) is 22.4 Å². The van der Waals surface area contributed by atoms with Crippen molar-refractivity contribution >= 4 is 12.2 Å². The summed E-state index contributed by atoms with van der Waals surface area (Å²) < 4.78 is 11.3. The molecule has 5 rings (SSSR count). The van der Waals surface area contributed by atoms with Gasteiger partial charge in [0.1, 0.15) is 12.2 Å². The molecule has 0 aromatic heterocycles. The van der Waals surface area contributed by atoms with Crippen molar-refractivity contribution in [3.8, 4) is 11.1 Å². The van der Waals surface area contributed by atoms with E-state index >= 15 is 0 Å². The Balaban J connectivity index is 1.21. The topological polar surface area (TPSA) is 67.9 Å². The van der Waals surface area contributed by atoms with E-state index in [0.717, 1.165) is 30.4 Å². The molecule has 6 nitrogen and oxygen atoms in total. The monoisotopic (exact) mass is 512 g/mol. The molecule has 198 valence electrons. The van der Waals surface area contributed by atoms with Gasteiger partial charge in [0.05, 0.1) is 6.04 Å². The number of hydrogen-bond acceptors (Lipinski definition) is 4. The molecule has 0 radical (unpaired) electrons. The van der Waals surface area contributed by atoms with Gasteiger partial charge in [-0.1, -0.05) is 66.7 Å². The molecule has 0 fully saturated rings. The number of benzene rings is 3. The molecule has 0 heterocycles. The number of hydrogen-bond donors (Lipinski definition) is 1. The van der Waals surface area contributed by atoms with Gasteiger partial charge in [0.25, 0.3) is 0 Å². The average molecular weight is 513 g/mol. The van der Waals surface area contributed by atoms with E-state index in [4.69, 9.17) is 9.47 Å². The summed E-state index contributed by atoms with van der Waals surface area (Å²) in [6.45, 7) is 6.34. The highest BCUT2D eigenvalue weighted by atomic mass is 16.6. The number of nitrogens with one attached hydrogen (secondary N) is 1. The number of amides is 2. The van der Waals surface area contributed by atoms with Crippen molar-refractivity contribution in [2.45, 2.75) is 64.1 Å². The molecule has 3 aromatic rings. The molecule has 2 aliphatic carbocycles. The molecule has 0 aliphatic heterocycles. The highest BCUT2D eigenvalue weighted by molar-refractivity contribution is 5.79. The minimum atomic E-state index is -0.533. The van der Waals surface area contributed by atoms with E-state index in [2.05, 4.69) is 41.7 Å². The Morgan fingerprint density at radius 3 is 2.26 bits per heavy atom. The molecule has 2 amide bonds. The van der Waals surface area contributed by atoms with Crippen molar-refractivity contribution in [1.29, 1.82) is 0 Å². The van der Waals surface area contributed by atoms with Gasteiger partial charge in [-0.3, -0.25) is 0 Å². The zero-order valence-electron chi connectivity index (χ0n) is 22.6. The molecule has 0 bridgehead atoms. The van der Waals surface area contributed by atoms with Gasteiger partial charge in [0.2, 0.25) is 0 Å². The first-order valence-electron chi connectivity index (χ1n) is 13.4. The zero-order valence-corrected chi connectivity index (χ0v) is 22.6. The summed E-state index contributed by atoms with van der Waals surface area (Å²) in [6.07, 6.45) is 2.08. The Hall–Kier alpha value is -3.80. The molecule has 6 heteroatoms. The Morgan fingerprint density at radius 1 is 0.947 bits per heavy atom. The molecule has 1 unspecified atom stereocenters. The van der Waals surface area contributed by atoms with Crippen LogP contribution in [0.5, 0.6) is 0 Å². The summed E-state index contributed by atoms with van der Waals surface area (Å²) in [5.41, 5.74) is 7.66. The van der Waals surface area contributed by atoms with E-state index < -0.39 is 11.7 Å². The standard InChI is InChI=1S/C32H36N2O4/c1-32(2,3)38-30(35)33-29-15-9-10-22-18-21(16-17-23(22)29)19-34(4)31(36)37-20-28-26-13-7-5-11-24(26)25-12-6-8-14-27(25)28/h5-8,11-14,16-18,28-29H,9-10,15,19-20H2,1-4H3,(H,33,35). The lowest BCUT2D eigenvalue weighted by atomic mass is 9.86. The van der Waals surface area contributed by atoms with Gasteiger partial charge in [-0.15, -0.1) is 0 Å². The van der Waals surface area contributed by atoms with E-state index in [1.165, 1.54) is 27.8 Å². The number of aryl methyl sites for hydroxylation is 1. The zero-order chi connectivity index (χ0) is 26.9. The van der Waals surface area contributed by atoms with Crippen LogP contribution in [0.3, 0.4) is 0 Å². The maximum Gasteiger partial charge on any atom is 0.409 e. The Morgan fingerprint density at radius 2 is 1.61 bits per heavy atom. The molecule has 0 saturated heterocycles. The van der Waals surface area contributed by atoms with E-state index in [9.17, 15) is 9.59 Å². The average Bonchev–Trinajstić information content (AvgIpc) is 3.20. The molecule has 1 N–H and O–H groups in total. The summed E-state index contributed by atoms with van der Waals surface area (Å²) in [5.74, 6) is 0.0397. The molecule has 0 saturated carbocycles. The van der Waals surface area contributed by atoms with Crippen LogP contribution in [0.4, 0.5) is 9.59 Å². The van der Waals surface area contributed by atoms with Crippen LogP contribution in [0.25, 0.3) is 11.1 Å². The van der Waals surface area contributed by atoms with Crippen LogP contribution < -0.4 is 5.32 Å². The number of fused-ring (bicyclic) bond motifs is 4. The normalized spacial score (nSPS) is 16.2. The molecule has 2 aliphatic rings. The second-order valence-electron chi connectivity index (χ2n) is 11.3. The van der Waals surface area contributed by atoms with Crippen molar-refractivity contribution in [2.24, 2.45) is 0 Å². The van der Waals surface area contributed by atoms with Gasteiger partial charge in [-0.05, 0) is 79.0 Å². The first-order chi connectivity index (χ1) is 18.2. The van der Waals surface area contributed by atoms with Gasteiger partial charge in [0, 0.05) is 19.5 Å². The van der Waals surface area contributed by atoms with Gasteiger partial charge >= 0.3 is 12.2 Å². The second-order valence-corrected chi connectivity index (χ2v) is 11.3. The lowest BCUT2D eigenvalue weighted by Gasteiger charge is -2.29. The maximum atomic E-state index is 12.9. The van der Waals surface area contributed by atoms with Crippen LogP contribution in [0, 0.1) is 0 Å². The van der Waals surface area contributed by atoms with Crippen LogP contribution in [0.15, 0.2) is 66.7 Å². The van der Waals surface area contributed by atoms with E-state index in [0.29, 0.717) is 13.2 Å². The Labute approximate surface area is 225 Å². The summed E-state index contributed by atoms with van der Waals surface area (Å²) in [6, 6.07) is 22.8. The minimum Gasteiger partial charge on any atom is -0.448 e. The van der Waals surface area contributed by atoms with Crippen molar-refractivity contribution in [3.05, 3.63) is 94.5 Å². The van der Waals surface area contributed by atoms with Crippen LogP contribution >= 0.6 is 0 Å². The third kappa shape index (κ3) is 5.54. The van der Waals surface area contributed by atoms with Gasteiger partial charge in [0.15, 0.2) is 0 Å². The maximum absolute atomic E-state index is 12.9. The second kappa shape index (κ2) is 10.5. The molecule has 1 atom stereocenters. The summed E-state index contributed by atoms with van der Waals surface area (Å²) in [7, 11) is 1.77. The number of nitrogens with zero attached hydrogens (tertiary/aromatic N) is 1. The predicted molar refractivity (Wildman–Crippen MR) is 148 cm³/mol. The van der Waals surface area contributed by atoms with Gasteiger partial charge in [-0.25, -0.2) is 9.59 Å².